The molecule has 0 fully saturated rings. The molecule has 0 aromatic heterocycles. The summed E-state index contributed by atoms with van der Waals surface area (Å²) in [5.74, 6) is 0. The smallest absolute Gasteiger partial charge is 0.0681 e. The van der Waals surface area contributed by atoms with Crippen LogP contribution in [0.5, 0.6) is 0 Å². The van der Waals surface area contributed by atoms with Crippen molar-refractivity contribution in [3.8, 4) is 0 Å². The maximum Gasteiger partial charge on any atom is 0.0681 e. The minimum atomic E-state index is 0.0154. The summed E-state index contributed by atoms with van der Waals surface area (Å²) >= 11 is 0. The average molecular weight is 561 g/mol. The van der Waals surface area contributed by atoms with Crippen molar-refractivity contribution in [2.75, 3.05) is 36.0 Å². The Balaban J connectivity index is 1.85. The Labute approximate surface area is 251 Å². The monoisotopic (exact) mass is 560 g/mol. The molecule has 4 aromatic rings. The Hall–Kier alpha value is -4.12. The average Bonchev–Trinajstić information content (AvgIpc) is 3.05. The predicted octanol–water partition coefficient (Wildman–Crippen LogP) is 7.93. The second kappa shape index (κ2) is 15.2. The van der Waals surface area contributed by atoms with E-state index < -0.39 is 0 Å². The molecule has 4 rings (SSSR count). The van der Waals surface area contributed by atoms with E-state index in [1.165, 1.54) is 11.4 Å². The van der Waals surface area contributed by atoms with Gasteiger partial charge in [-0.15, -0.1) is 0 Å². The van der Waals surface area contributed by atoms with Gasteiger partial charge in [-0.3, -0.25) is 0 Å². The molecule has 0 aliphatic heterocycles. The Bertz CT molecular complexity index is 1340. The summed E-state index contributed by atoms with van der Waals surface area (Å²) in [6.07, 6.45) is 4.40. The molecule has 0 radical (unpaired) electrons. The van der Waals surface area contributed by atoms with E-state index in [1.54, 1.807) is 0 Å². The lowest BCUT2D eigenvalue weighted by molar-refractivity contribution is 0.281. The third-order valence-corrected chi connectivity index (χ3v) is 7.93. The second-order valence-electron chi connectivity index (χ2n) is 10.3. The van der Waals surface area contributed by atoms with E-state index in [2.05, 4.69) is 122 Å². The van der Waals surface area contributed by atoms with Gasteiger partial charge in [0.1, 0.15) is 0 Å². The number of nitrogens with zero attached hydrogens (tertiary/aromatic N) is 2. The molecule has 0 aliphatic carbocycles. The molecule has 218 valence electrons. The van der Waals surface area contributed by atoms with Crippen molar-refractivity contribution >= 4 is 22.5 Å². The molecule has 4 heteroatoms. The molecule has 2 N–H and O–H groups in total. The van der Waals surface area contributed by atoms with Crippen molar-refractivity contribution in [1.29, 1.82) is 0 Å². The van der Waals surface area contributed by atoms with Crippen LogP contribution in [0.2, 0.25) is 0 Å². The summed E-state index contributed by atoms with van der Waals surface area (Å²) < 4.78 is 0. The fourth-order valence-corrected chi connectivity index (χ4v) is 5.35. The topological polar surface area (TPSA) is 46.9 Å². The number of rotatable bonds is 13. The number of aliphatic hydroxyl groups excluding tert-OH is 2. The van der Waals surface area contributed by atoms with Gasteiger partial charge in [0, 0.05) is 37.6 Å². The van der Waals surface area contributed by atoms with E-state index in [0.717, 1.165) is 70.7 Å². The van der Waals surface area contributed by atoms with Crippen LogP contribution in [0.3, 0.4) is 0 Å². The first kappa shape index (κ1) is 30.8. The van der Waals surface area contributed by atoms with Gasteiger partial charge in [0.05, 0.1) is 13.2 Å². The molecule has 0 amide bonds. The summed E-state index contributed by atoms with van der Waals surface area (Å²) in [4.78, 5) is 4.71. The van der Waals surface area contributed by atoms with Gasteiger partial charge in [-0.25, -0.2) is 0 Å². The zero-order chi connectivity index (χ0) is 29.9. The van der Waals surface area contributed by atoms with Crippen molar-refractivity contribution in [3.05, 3.63) is 143 Å². The van der Waals surface area contributed by atoms with E-state index >= 15 is 0 Å². The van der Waals surface area contributed by atoms with Crippen LogP contribution in [0.1, 0.15) is 61.1 Å². The molecule has 4 nitrogen and oxygen atoms in total. The highest BCUT2D eigenvalue weighted by atomic mass is 16.3. The van der Waals surface area contributed by atoms with Crippen molar-refractivity contribution in [2.24, 2.45) is 0 Å². The van der Waals surface area contributed by atoms with Gasteiger partial charge in [0.25, 0.3) is 0 Å². The SMILES string of the molecule is CCN(CC)c1ccc(C(=CC=C(c2ccc(CO)cc2)c2ccc(CO)cc2)c2ccc(N(CC)CC)cc2)cc1. The largest absolute Gasteiger partial charge is 0.392 e. The Morgan fingerprint density at radius 3 is 0.952 bits per heavy atom. The maximum atomic E-state index is 9.59. The highest BCUT2D eigenvalue weighted by Gasteiger charge is 2.11. The van der Waals surface area contributed by atoms with Crippen LogP contribution in [0, 0.1) is 0 Å². The zero-order valence-corrected chi connectivity index (χ0v) is 25.4. The van der Waals surface area contributed by atoms with Crippen LogP contribution in [0.25, 0.3) is 11.1 Å². The van der Waals surface area contributed by atoms with E-state index in [1.807, 2.05) is 24.3 Å². The summed E-state index contributed by atoms with van der Waals surface area (Å²) in [7, 11) is 0. The molecule has 0 aliphatic rings. The van der Waals surface area contributed by atoms with E-state index in [9.17, 15) is 10.2 Å². The first-order valence-corrected chi connectivity index (χ1v) is 15.1. The minimum Gasteiger partial charge on any atom is -0.392 e. The maximum absolute atomic E-state index is 9.59. The van der Waals surface area contributed by atoms with Crippen molar-refractivity contribution < 1.29 is 10.2 Å². The summed E-state index contributed by atoms with van der Waals surface area (Å²) in [5.41, 5.74) is 10.9. The predicted molar refractivity (Wildman–Crippen MR) is 179 cm³/mol. The third-order valence-electron chi connectivity index (χ3n) is 7.93. The summed E-state index contributed by atoms with van der Waals surface area (Å²) in [6.45, 7) is 12.7. The molecule has 0 bridgehead atoms. The van der Waals surface area contributed by atoms with Crippen molar-refractivity contribution in [3.63, 3.8) is 0 Å². The number of anilines is 2. The molecular weight excluding hydrogens is 516 g/mol. The molecule has 0 saturated heterocycles. The van der Waals surface area contributed by atoms with Crippen molar-refractivity contribution in [2.45, 2.75) is 40.9 Å². The molecule has 0 atom stereocenters. The van der Waals surface area contributed by atoms with Gasteiger partial charge in [-0.05, 0) is 96.5 Å². The lowest BCUT2D eigenvalue weighted by Crippen LogP contribution is -2.21. The minimum absolute atomic E-state index is 0.0154. The van der Waals surface area contributed by atoms with Gasteiger partial charge in [0.2, 0.25) is 0 Å². The van der Waals surface area contributed by atoms with E-state index in [0.29, 0.717) is 0 Å². The number of hydrogen-bond donors (Lipinski definition) is 2. The second-order valence-corrected chi connectivity index (χ2v) is 10.3. The summed E-state index contributed by atoms with van der Waals surface area (Å²) in [6, 6.07) is 33.8. The van der Waals surface area contributed by atoms with Crippen LogP contribution >= 0.6 is 0 Å². The summed E-state index contributed by atoms with van der Waals surface area (Å²) in [5, 5.41) is 19.2. The zero-order valence-electron chi connectivity index (χ0n) is 25.4. The highest BCUT2D eigenvalue weighted by molar-refractivity contribution is 5.87. The fraction of sp³-hybridized carbons (Fsp3) is 0.263. The lowest BCUT2D eigenvalue weighted by Gasteiger charge is -2.22. The number of aliphatic hydroxyl groups is 2. The first-order valence-electron chi connectivity index (χ1n) is 15.1. The van der Waals surface area contributed by atoms with Crippen LogP contribution in [0.4, 0.5) is 11.4 Å². The Morgan fingerprint density at radius 2 is 0.714 bits per heavy atom. The first-order chi connectivity index (χ1) is 20.5. The standard InChI is InChI=1S/C38H44N2O2/c1-5-39(6-2)35-21-17-33(18-22-35)38(34-19-23-36(24-20-34)40(7-3)8-4)26-25-37(31-13-9-29(27-41)10-14-31)32-15-11-30(28-42)12-16-32/h9-26,41-42H,5-8,27-28H2,1-4H3. The Kier molecular flexibility index (Phi) is 11.2. The van der Waals surface area contributed by atoms with Crippen molar-refractivity contribution in [1.82, 2.24) is 0 Å². The quantitative estimate of drug-likeness (QED) is 0.163. The number of hydrogen-bond acceptors (Lipinski definition) is 4. The van der Waals surface area contributed by atoms with Gasteiger partial charge in [-0.1, -0.05) is 84.9 Å². The number of benzene rings is 4. The van der Waals surface area contributed by atoms with Crippen LogP contribution < -0.4 is 9.80 Å². The molecule has 0 spiro atoms. The van der Waals surface area contributed by atoms with Gasteiger partial charge in [0.15, 0.2) is 0 Å². The van der Waals surface area contributed by atoms with Gasteiger partial charge in [-0.2, -0.15) is 0 Å². The molecule has 42 heavy (non-hydrogen) atoms. The molecule has 0 saturated carbocycles. The van der Waals surface area contributed by atoms with E-state index in [-0.39, 0.29) is 13.2 Å². The van der Waals surface area contributed by atoms with Gasteiger partial charge >= 0.3 is 0 Å². The van der Waals surface area contributed by atoms with E-state index in [4.69, 9.17) is 0 Å². The number of allylic oxidation sites excluding steroid dienone is 2. The Morgan fingerprint density at radius 1 is 0.452 bits per heavy atom. The lowest BCUT2D eigenvalue weighted by atomic mass is 9.93. The highest BCUT2D eigenvalue weighted by Crippen LogP contribution is 2.30. The molecule has 0 heterocycles. The van der Waals surface area contributed by atoms with Gasteiger partial charge < -0.3 is 20.0 Å². The molecule has 0 unspecified atom stereocenters. The molecule has 4 aromatic carbocycles. The normalized spacial score (nSPS) is 10.7. The molecular formula is C38H44N2O2. The fourth-order valence-electron chi connectivity index (χ4n) is 5.35. The third kappa shape index (κ3) is 7.39. The van der Waals surface area contributed by atoms with Crippen LogP contribution in [-0.4, -0.2) is 36.4 Å². The van der Waals surface area contributed by atoms with Crippen LogP contribution in [0.15, 0.2) is 109 Å². The van der Waals surface area contributed by atoms with Crippen LogP contribution in [-0.2, 0) is 13.2 Å².